The SMILES string of the molecule is C[Si](C)(C)C#CC(=O)/C=C(\NCc1ccccc1)c1ccccc1. The number of hydrogen-bond acceptors (Lipinski definition) is 2. The molecule has 0 fully saturated rings. The number of nitrogens with one attached hydrogen (secondary N) is 1. The molecule has 122 valence electrons. The number of ketones is 1. The van der Waals surface area contributed by atoms with Gasteiger partial charge in [0.2, 0.25) is 5.78 Å². The molecule has 0 unspecified atom stereocenters. The second-order valence-corrected chi connectivity index (χ2v) is 11.4. The van der Waals surface area contributed by atoms with E-state index in [2.05, 4.69) is 48.6 Å². The number of carbonyl (C=O) groups excluding carboxylic acids is 1. The van der Waals surface area contributed by atoms with Crippen molar-refractivity contribution in [2.75, 3.05) is 0 Å². The fourth-order valence-electron chi connectivity index (χ4n) is 2.06. The Kier molecular flexibility index (Phi) is 6.17. The molecule has 0 saturated carbocycles. The summed E-state index contributed by atoms with van der Waals surface area (Å²) in [5, 5.41) is 3.36. The highest BCUT2D eigenvalue weighted by atomic mass is 28.3. The number of carbonyl (C=O) groups is 1. The van der Waals surface area contributed by atoms with Crippen LogP contribution in [-0.2, 0) is 11.3 Å². The smallest absolute Gasteiger partial charge is 0.230 e. The summed E-state index contributed by atoms with van der Waals surface area (Å²) in [4.78, 5) is 12.2. The van der Waals surface area contributed by atoms with Gasteiger partial charge >= 0.3 is 0 Å². The van der Waals surface area contributed by atoms with Gasteiger partial charge in [0, 0.05) is 18.3 Å². The van der Waals surface area contributed by atoms with Gasteiger partial charge in [-0.15, -0.1) is 5.54 Å². The molecule has 2 aromatic carbocycles. The first-order valence-corrected chi connectivity index (χ1v) is 11.6. The van der Waals surface area contributed by atoms with Crippen molar-refractivity contribution < 1.29 is 4.79 Å². The van der Waals surface area contributed by atoms with Crippen LogP contribution >= 0.6 is 0 Å². The number of rotatable bonds is 5. The fourth-order valence-corrected chi connectivity index (χ4v) is 2.56. The highest BCUT2D eigenvalue weighted by Crippen LogP contribution is 2.12. The Morgan fingerprint density at radius 2 is 1.58 bits per heavy atom. The first-order chi connectivity index (χ1) is 11.4. The Morgan fingerprint density at radius 3 is 2.17 bits per heavy atom. The van der Waals surface area contributed by atoms with Crippen LogP contribution in [0, 0.1) is 11.5 Å². The van der Waals surface area contributed by atoms with Crippen molar-refractivity contribution in [2.24, 2.45) is 0 Å². The first-order valence-electron chi connectivity index (χ1n) is 8.06. The Labute approximate surface area is 145 Å². The average Bonchev–Trinajstić information content (AvgIpc) is 2.58. The molecule has 0 aromatic heterocycles. The Bertz CT molecular complexity index is 762. The van der Waals surface area contributed by atoms with Gasteiger partial charge in [-0.3, -0.25) is 4.79 Å². The van der Waals surface area contributed by atoms with E-state index in [9.17, 15) is 4.79 Å². The van der Waals surface area contributed by atoms with Gasteiger partial charge in [-0.1, -0.05) is 80.3 Å². The van der Waals surface area contributed by atoms with Gasteiger partial charge in [0.25, 0.3) is 0 Å². The van der Waals surface area contributed by atoms with Crippen LogP contribution in [0.5, 0.6) is 0 Å². The van der Waals surface area contributed by atoms with Crippen LogP contribution in [0.15, 0.2) is 66.7 Å². The molecule has 2 aromatic rings. The van der Waals surface area contributed by atoms with Crippen LogP contribution in [0.25, 0.3) is 5.70 Å². The van der Waals surface area contributed by atoms with Crippen LogP contribution < -0.4 is 5.32 Å². The Balaban J connectivity index is 2.21. The predicted molar refractivity (Wildman–Crippen MR) is 104 cm³/mol. The van der Waals surface area contributed by atoms with Crippen molar-refractivity contribution in [3.63, 3.8) is 0 Å². The van der Waals surface area contributed by atoms with Crippen LogP contribution in [0.3, 0.4) is 0 Å². The normalized spacial score (nSPS) is 11.4. The van der Waals surface area contributed by atoms with Gasteiger partial charge in [-0.2, -0.15) is 0 Å². The molecular weight excluding hydrogens is 310 g/mol. The summed E-state index contributed by atoms with van der Waals surface area (Å²) in [6.07, 6.45) is 1.60. The number of allylic oxidation sites excluding steroid dienone is 1. The van der Waals surface area contributed by atoms with E-state index in [0.717, 1.165) is 11.3 Å². The van der Waals surface area contributed by atoms with Gasteiger partial charge in [0.05, 0.1) is 0 Å². The lowest BCUT2D eigenvalue weighted by Gasteiger charge is -2.11. The van der Waals surface area contributed by atoms with E-state index in [1.807, 2.05) is 48.5 Å². The quantitative estimate of drug-likeness (QED) is 0.503. The van der Waals surface area contributed by atoms with Crippen LogP contribution in [-0.4, -0.2) is 13.9 Å². The molecule has 0 amide bonds. The molecule has 0 aliphatic carbocycles. The zero-order valence-electron chi connectivity index (χ0n) is 14.5. The van der Waals surface area contributed by atoms with Gasteiger partial charge in [-0.05, 0) is 17.0 Å². The number of hydrogen-bond donors (Lipinski definition) is 1. The van der Waals surface area contributed by atoms with Gasteiger partial charge in [0.15, 0.2) is 0 Å². The summed E-state index contributed by atoms with van der Waals surface area (Å²) in [6, 6.07) is 20.0. The summed E-state index contributed by atoms with van der Waals surface area (Å²) in [6.45, 7) is 7.05. The largest absolute Gasteiger partial charge is 0.380 e. The predicted octanol–water partition coefficient (Wildman–Crippen LogP) is 4.27. The van der Waals surface area contributed by atoms with Gasteiger partial charge in [-0.25, -0.2) is 0 Å². The maximum absolute atomic E-state index is 12.2. The second-order valence-electron chi connectivity index (χ2n) is 6.63. The van der Waals surface area contributed by atoms with Crippen molar-refractivity contribution in [3.05, 3.63) is 77.9 Å². The first kappa shape index (κ1) is 17.8. The van der Waals surface area contributed by atoms with E-state index in [-0.39, 0.29) is 5.78 Å². The summed E-state index contributed by atoms with van der Waals surface area (Å²) in [7, 11) is -1.55. The lowest BCUT2D eigenvalue weighted by molar-refractivity contribution is -0.109. The maximum atomic E-state index is 12.2. The van der Waals surface area contributed by atoms with Crippen LogP contribution in [0.2, 0.25) is 19.6 Å². The third kappa shape index (κ3) is 6.27. The molecular formula is C21H23NOSi. The second kappa shape index (κ2) is 8.33. The van der Waals surface area contributed by atoms with E-state index in [0.29, 0.717) is 6.54 Å². The molecule has 2 rings (SSSR count). The van der Waals surface area contributed by atoms with E-state index >= 15 is 0 Å². The molecule has 0 spiro atoms. The van der Waals surface area contributed by atoms with Gasteiger partial charge < -0.3 is 5.32 Å². The van der Waals surface area contributed by atoms with Gasteiger partial charge in [0.1, 0.15) is 8.07 Å². The van der Waals surface area contributed by atoms with Crippen molar-refractivity contribution >= 4 is 19.6 Å². The lowest BCUT2D eigenvalue weighted by Crippen LogP contribution is -2.17. The third-order valence-electron chi connectivity index (χ3n) is 3.25. The average molecular weight is 334 g/mol. The Hall–Kier alpha value is -2.57. The van der Waals surface area contributed by atoms with E-state index in [1.54, 1.807) is 6.08 Å². The molecule has 0 heterocycles. The van der Waals surface area contributed by atoms with Crippen molar-refractivity contribution in [1.29, 1.82) is 0 Å². The zero-order valence-corrected chi connectivity index (χ0v) is 15.5. The standard InChI is InChI=1S/C21H23NOSi/c1-24(2,3)15-14-20(23)16-21(19-12-8-5-9-13-19)22-17-18-10-6-4-7-11-18/h4-13,16,22H,17H2,1-3H3/b21-16-. The maximum Gasteiger partial charge on any atom is 0.230 e. The molecule has 3 heteroatoms. The minimum absolute atomic E-state index is 0.156. The van der Waals surface area contributed by atoms with E-state index in [4.69, 9.17) is 0 Å². The highest BCUT2D eigenvalue weighted by Gasteiger charge is 2.09. The van der Waals surface area contributed by atoms with Crippen LogP contribution in [0.4, 0.5) is 0 Å². The van der Waals surface area contributed by atoms with Crippen molar-refractivity contribution in [2.45, 2.75) is 26.2 Å². The summed E-state index contributed by atoms with van der Waals surface area (Å²) in [5.74, 6) is 2.62. The number of benzene rings is 2. The van der Waals surface area contributed by atoms with Crippen molar-refractivity contribution in [3.8, 4) is 11.5 Å². The fraction of sp³-hybridized carbons (Fsp3) is 0.190. The van der Waals surface area contributed by atoms with Crippen LogP contribution in [0.1, 0.15) is 11.1 Å². The summed E-state index contributed by atoms with van der Waals surface area (Å²) < 4.78 is 0. The third-order valence-corrected chi connectivity index (χ3v) is 4.12. The molecule has 2 nitrogen and oxygen atoms in total. The van der Waals surface area contributed by atoms with E-state index < -0.39 is 8.07 Å². The monoisotopic (exact) mass is 333 g/mol. The summed E-state index contributed by atoms with van der Waals surface area (Å²) >= 11 is 0. The molecule has 0 radical (unpaired) electrons. The molecule has 0 aliphatic heterocycles. The molecule has 0 saturated heterocycles. The van der Waals surface area contributed by atoms with E-state index in [1.165, 1.54) is 5.56 Å². The molecule has 0 aliphatic rings. The Morgan fingerprint density at radius 1 is 1.00 bits per heavy atom. The molecule has 24 heavy (non-hydrogen) atoms. The zero-order chi connectivity index (χ0) is 17.4. The molecule has 0 bridgehead atoms. The summed E-state index contributed by atoms with van der Waals surface area (Å²) in [5.41, 5.74) is 6.07. The molecule has 1 N–H and O–H groups in total. The topological polar surface area (TPSA) is 29.1 Å². The molecule has 0 atom stereocenters. The minimum atomic E-state index is -1.55. The highest BCUT2D eigenvalue weighted by molar-refractivity contribution is 6.84. The minimum Gasteiger partial charge on any atom is -0.380 e. The van der Waals surface area contributed by atoms with Crippen molar-refractivity contribution in [1.82, 2.24) is 5.32 Å². The lowest BCUT2D eigenvalue weighted by atomic mass is 10.1.